The molecule has 0 bridgehead atoms. The van der Waals surface area contributed by atoms with Gasteiger partial charge in [0.05, 0.1) is 18.3 Å². The Morgan fingerprint density at radius 2 is 1.84 bits per heavy atom. The lowest BCUT2D eigenvalue weighted by Gasteiger charge is -2.25. The third-order valence-electron chi connectivity index (χ3n) is 5.00. The van der Waals surface area contributed by atoms with Gasteiger partial charge in [0.2, 0.25) is 0 Å². The van der Waals surface area contributed by atoms with Gasteiger partial charge in [-0.1, -0.05) is 25.0 Å². The van der Waals surface area contributed by atoms with Crippen LogP contribution in [0.5, 0.6) is 5.75 Å². The molecule has 1 fully saturated rings. The third-order valence-corrected chi connectivity index (χ3v) is 5.00. The van der Waals surface area contributed by atoms with Gasteiger partial charge in [0.25, 0.3) is 0 Å². The fourth-order valence-electron chi connectivity index (χ4n) is 3.48. The molecule has 0 atom stereocenters. The van der Waals surface area contributed by atoms with Gasteiger partial charge < -0.3 is 14.7 Å². The zero-order chi connectivity index (χ0) is 17.7. The average Bonchev–Trinajstić information content (AvgIpc) is 3.08. The summed E-state index contributed by atoms with van der Waals surface area (Å²) in [6.07, 6.45) is 8.76. The van der Waals surface area contributed by atoms with Crippen LogP contribution in [-0.2, 0) is 6.54 Å². The van der Waals surface area contributed by atoms with Crippen LogP contribution in [0.25, 0.3) is 11.4 Å². The van der Waals surface area contributed by atoms with Crippen molar-refractivity contribution in [3.05, 3.63) is 42.2 Å². The van der Waals surface area contributed by atoms with Crippen LogP contribution in [-0.4, -0.2) is 46.3 Å². The van der Waals surface area contributed by atoms with Crippen molar-refractivity contribution in [3.63, 3.8) is 0 Å². The smallest absolute Gasteiger partial charge is 0.162 e. The molecule has 0 radical (unpaired) electrons. The van der Waals surface area contributed by atoms with Crippen molar-refractivity contribution in [2.24, 2.45) is 0 Å². The summed E-state index contributed by atoms with van der Waals surface area (Å²) in [5.74, 6) is 1.45. The molecule has 1 N–H and O–H groups in total. The SMILES string of the molecule is COc1ccccc1-c1ncc(CN(C)CCC2(O)CCCC2)cn1. The van der Waals surface area contributed by atoms with E-state index in [4.69, 9.17) is 4.74 Å². The first kappa shape index (κ1) is 17.8. The molecule has 5 nitrogen and oxygen atoms in total. The maximum absolute atomic E-state index is 10.5. The quantitative estimate of drug-likeness (QED) is 0.837. The second-order valence-corrected chi connectivity index (χ2v) is 7.03. The minimum absolute atomic E-state index is 0.446. The summed E-state index contributed by atoms with van der Waals surface area (Å²) in [5, 5.41) is 10.5. The van der Waals surface area contributed by atoms with Crippen LogP contribution in [0.3, 0.4) is 0 Å². The number of para-hydroxylation sites is 1. The van der Waals surface area contributed by atoms with Gasteiger partial charge in [-0.05, 0) is 38.4 Å². The van der Waals surface area contributed by atoms with Gasteiger partial charge in [-0.2, -0.15) is 0 Å². The maximum Gasteiger partial charge on any atom is 0.162 e. The second kappa shape index (κ2) is 7.93. The Labute approximate surface area is 149 Å². The predicted octanol–water partition coefficient (Wildman–Crippen LogP) is 3.28. The molecule has 1 aromatic carbocycles. The molecule has 0 spiro atoms. The normalized spacial score (nSPS) is 16.3. The second-order valence-electron chi connectivity index (χ2n) is 7.03. The van der Waals surface area contributed by atoms with Gasteiger partial charge in [-0.25, -0.2) is 9.97 Å². The Morgan fingerprint density at radius 1 is 1.16 bits per heavy atom. The van der Waals surface area contributed by atoms with E-state index in [1.54, 1.807) is 7.11 Å². The number of nitrogens with zero attached hydrogens (tertiary/aromatic N) is 3. The highest BCUT2D eigenvalue weighted by atomic mass is 16.5. The average molecular weight is 341 g/mol. The van der Waals surface area contributed by atoms with Crippen molar-refractivity contribution < 1.29 is 9.84 Å². The highest BCUT2D eigenvalue weighted by molar-refractivity contribution is 5.63. The molecule has 1 aliphatic rings. The van der Waals surface area contributed by atoms with Gasteiger partial charge in [0, 0.05) is 31.0 Å². The lowest BCUT2D eigenvalue weighted by molar-refractivity contribution is 0.0297. The first-order chi connectivity index (χ1) is 12.1. The number of hydrogen-bond donors (Lipinski definition) is 1. The molecule has 3 rings (SSSR count). The van der Waals surface area contributed by atoms with Gasteiger partial charge in [-0.3, -0.25) is 0 Å². The summed E-state index contributed by atoms with van der Waals surface area (Å²) in [7, 11) is 3.73. The van der Waals surface area contributed by atoms with Crippen LogP contribution in [0.15, 0.2) is 36.7 Å². The number of aromatic nitrogens is 2. The van der Waals surface area contributed by atoms with Crippen molar-refractivity contribution in [2.75, 3.05) is 20.7 Å². The molecule has 0 saturated heterocycles. The molecule has 134 valence electrons. The lowest BCUT2D eigenvalue weighted by Crippen LogP contribution is -2.31. The highest BCUT2D eigenvalue weighted by Crippen LogP contribution is 2.32. The fourth-order valence-corrected chi connectivity index (χ4v) is 3.48. The zero-order valence-corrected chi connectivity index (χ0v) is 15.1. The van der Waals surface area contributed by atoms with E-state index < -0.39 is 5.60 Å². The number of benzene rings is 1. The van der Waals surface area contributed by atoms with Crippen LogP contribution in [0, 0.1) is 0 Å². The van der Waals surface area contributed by atoms with Gasteiger partial charge >= 0.3 is 0 Å². The summed E-state index contributed by atoms with van der Waals surface area (Å²) in [4.78, 5) is 11.2. The Balaban J connectivity index is 1.58. The standard InChI is InChI=1S/C20H27N3O2/c1-23(12-11-20(24)9-5-6-10-20)15-16-13-21-19(22-14-16)17-7-3-4-8-18(17)25-2/h3-4,7-8,13-14,24H,5-6,9-12,15H2,1-2H3. The maximum atomic E-state index is 10.5. The van der Waals surface area contributed by atoms with Crippen LogP contribution >= 0.6 is 0 Å². The Hall–Kier alpha value is -1.98. The van der Waals surface area contributed by atoms with E-state index >= 15 is 0 Å². The zero-order valence-electron chi connectivity index (χ0n) is 15.1. The van der Waals surface area contributed by atoms with Crippen LogP contribution in [0.2, 0.25) is 0 Å². The van der Waals surface area contributed by atoms with Gasteiger partial charge in [0.15, 0.2) is 5.82 Å². The topological polar surface area (TPSA) is 58.5 Å². The van der Waals surface area contributed by atoms with E-state index in [0.717, 1.165) is 62.1 Å². The van der Waals surface area contributed by atoms with E-state index in [1.165, 1.54) is 0 Å². The number of aliphatic hydroxyl groups is 1. The minimum Gasteiger partial charge on any atom is -0.496 e. The van der Waals surface area contributed by atoms with Crippen molar-refractivity contribution in [1.82, 2.24) is 14.9 Å². The van der Waals surface area contributed by atoms with E-state index in [0.29, 0.717) is 5.82 Å². The molecular formula is C20H27N3O2. The summed E-state index contributed by atoms with van der Waals surface area (Å²) < 4.78 is 5.37. The van der Waals surface area contributed by atoms with Crippen LogP contribution in [0.1, 0.15) is 37.7 Å². The predicted molar refractivity (Wildman–Crippen MR) is 98.4 cm³/mol. The van der Waals surface area contributed by atoms with Crippen LogP contribution < -0.4 is 4.74 Å². The van der Waals surface area contributed by atoms with Gasteiger partial charge in [-0.15, -0.1) is 0 Å². The first-order valence-electron chi connectivity index (χ1n) is 8.95. The number of ether oxygens (including phenoxy) is 1. The van der Waals surface area contributed by atoms with Crippen molar-refractivity contribution in [2.45, 2.75) is 44.2 Å². The molecule has 0 unspecified atom stereocenters. The summed E-state index contributed by atoms with van der Waals surface area (Å²) in [5.41, 5.74) is 1.52. The Bertz CT molecular complexity index is 682. The van der Waals surface area contributed by atoms with Crippen molar-refractivity contribution in [3.8, 4) is 17.1 Å². The van der Waals surface area contributed by atoms with E-state index in [1.807, 2.05) is 36.7 Å². The molecule has 0 aliphatic heterocycles. The number of hydrogen-bond acceptors (Lipinski definition) is 5. The molecule has 2 aromatic rings. The minimum atomic E-state index is -0.446. The van der Waals surface area contributed by atoms with Crippen molar-refractivity contribution in [1.29, 1.82) is 0 Å². The summed E-state index contributed by atoms with van der Waals surface area (Å²) in [6.45, 7) is 1.66. The molecule has 0 amide bonds. The van der Waals surface area contributed by atoms with E-state index in [2.05, 4.69) is 21.9 Å². The largest absolute Gasteiger partial charge is 0.496 e. The molecule has 1 saturated carbocycles. The fraction of sp³-hybridized carbons (Fsp3) is 0.500. The molecule has 5 heteroatoms. The molecule has 1 aromatic heterocycles. The third kappa shape index (κ3) is 4.55. The molecular weight excluding hydrogens is 314 g/mol. The van der Waals surface area contributed by atoms with E-state index in [9.17, 15) is 5.11 Å². The molecule has 1 heterocycles. The Kier molecular flexibility index (Phi) is 5.66. The monoisotopic (exact) mass is 341 g/mol. The van der Waals surface area contributed by atoms with Gasteiger partial charge in [0.1, 0.15) is 5.75 Å². The Morgan fingerprint density at radius 3 is 2.52 bits per heavy atom. The number of rotatable bonds is 7. The van der Waals surface area contributed by atoms with Crippen molar-refractivity contribution >= 4 is 0 Å². The molecule has 25 heavy (non-hydrogen) atoms. The van der Waals surface area contributed by atoms with Crippen LogP contribution in [0.4, 0.5) is 0 Å². The first-order valence-corrected chi connectivity index (χ1v) is 8.95. The highest BCUT2D eigenvalue weighted by Gasteiger charge is 2.30. The number of methoxy groups -OCH3 is 1. The lowest BCUT2D eigenvalue weighted by atomic mass is 9.98. The summed E-state index contributed by atoms with van der Waals surface area (Å²) >= 11 is 0. The molecule has 1 aliphatic carbocycles. The summed E-state index contributed by atoms with van der Waals surface area (Å²) in [6, 6.07) is 7.76. The van der Waals surface area contributed by atoms with E-state index in [-0.39, 0.29) is 0 Å².